The minimum absolute atomic E-state index is 0.0168. The molecular formula is C14H18Br2N2O2. The maximum Gasteiger partial charge on any atom is 0.255 e. The summed E-state index contributed by atoms with van der Waals surface area (Å²) in [5.41, 5.74) is 6.48. The van der Waals surface area contributed by atoms with Crippen LogP contribution < -0.4 is 5.73 Å². The van der Waals surface area contributed by atoms with E-state index in [-0.39, 0.29) is 18.1 Å². The van der Waals surface area contributed by atoms with Gasteiger partial charge in [0, 0.05) is 35.2 Å². The Labute approximate surface area is 135 Å². The lowest BCUT2D eigenvalue weighted by Crippen LogP contribution is -2.51. The standard InChI is InChI=1S/C14H18Br2N2O2/c1-20-11-4-5-18(10(7-11)8-17)14(19)12-6-9(15)2-3-13(12)16/h2-3,6,10-11H,4-5,7-8,17H2,1H3. The Morgan fingerprint density at radius 1 is 1.50 bits per heavy atom. The SMILES string of the molecule is COC1CCN(C(=O)c2cc(Br)ccc2Br)C(CN)C1. The quantitative estimate of drug-likeness (QED) is 0.841. The molecule has 6 heteroatoms. The third-order valence-corrected chi connectivity index (χ3v) is 4.88. The lowest BCUT2D eigenvalue weighted by atomic mass is 9.98. The predicted molar refractivity (Wildman–Crippen MR) is 85.8 cm³/mol. The lowest BCUT2D eigenvalue weighted by Gasteiger charge is -2.38. The number of halogens is 2. The zero-order valence-corrected chi connectivity index (χ0v) is 14.5. The van der Waals surface area contributed by atoms with Crippen LogP contribution >= 0.6 is 31.9 Å². The number of carbonyl (C=O) groups excluding carboxylic acids is 1. The number of nitrogens with zero attached hydrogens (tertiary/aromatic N) is 1. The fourth-order valence-corrected chi connectivity index (χ4v) is 3.31. The molecule has 2 atom stereocenters. The van der Waals surface area contributed by atoms with Gasteiger partial charge in [-0.1, -0.05) is 15.9 Å². The van der Waals surface area contributed by atoms with Gasteiger partial charge in [-0.05, 0) is 47.0 Å². The minimum atomic E-state index is 0.0168. The minimum Gasteiger partial charge on any atom is -0.381 e. The molecule has 110 valence electrons. The van der Waals surface area contributed by atoms with E-state index in [2.05, 4.69) is 31.9 Å². The van der Waals surface area contributed by atoms with Crippen LogP contribution in [0.1, 0.15) is 23.2 Å². The molecule has 2 unspecified atom stereocenters. The number of hydrogen-bond acceptors (Lipinski definition) is 3. The number of hydrogen-bond donors (Lipinski definition) is 1. The number of nitrogens with two attached hydrogens (primary N) is 1. The van der Waals surface area contributed by atoms with Gasteiger partial charge in [-0.3, -0.25) is 4.79 Å². The van der Waals surface area contributed by atoms with Crippen molar-refractivity contribution in [1.29, 1.82) is 0 Å². The van der Waals surface area contributed by atoms with E-state index in [1.54, 1.807) is 7.11 Å². The number of benzene rings is 1. The Morgan fingerprint density at radius 3 is 2.90 bits per heavy atom. The number of likely N-dealkylation sites (tertiary alicyclic amines) is 1. The van der Waals surface area contributed by atoms with Crippen molar-refractivity contribution in [3.05, 3.63) is 32.7 Å². The second kappa shape index (κ2) is 7.02. The van der Waals surface area contributed by atoms with Crippen LogP contribution in [0.15, 0.2) is 27.1 Å². The van der Waals surface area contributed by atoms with E-state index in [9.17, 15) is 4.79 Å². The first-order valence-electron chi connectivity index (χ1n) is 6.55. The molecule has 1 aliphatic rings. The van der Waals surface area contributed by atoms with Gasteiger partial charge in [0.25, 0.3) is 5.91 Å². The van der Waals surface area contributed by atoms with Gasteiger partial charge in [-0.2, -0.15) is 0 Å². The van der Waals surface area contributed by atoms with Crippen molar-refractivity contribution in [2.24, 2.45) is 5.73 Å². The topological polar surface area (TPSA) is 55.6 Å². The lowest BCUT2D eigenvalue weighted by molar-refractivity contribution is 0.0138. The zero-order valence-electron chi connectivity index (χ0n) is 11.3. The molecule has 2 rings (SSSR count). The molecule has 0 saturated carbocycles. The molecule has 1 aromatic carbocycles. The summed E-state index contributed by atoms with van der Waals surface area (Å²) in [6, 6.07) is 5.64. The molecule has 0 bridgehead atoms. The van der Waals surface area contributed by atoms with Gasteiger partial charge in [0.05, 0.1) is 11.7 Å². The van der Waals surface area contributed by atoms with Crippen LogP contribution in [0.5, 0.6) is 0 Å². The molecule has 1 heterocycles. The fraction of sp³-hybridized carbons (Fsp3) is 0.500. The van der Waals surface area contributed by atoms with Crippen molar-refractivity contribution >= 4 is 37.8 Å². The maximum absolute atomic E-state index is 12.7. The fourth-order valence-electron chi connectivity index (χ4n) is 2.54. The van der Waals surface area contributed by atoms with Gasteiger partial charge in [0.1, 0.15) is 0 Å². The molecule has 1 fully saturated rings. The van der Waals surface area contributed by atoms with Crippen LogP contribution in [0.4, 0.5) is 0 Å². The number of piperidine rings is 1. The Balaban J connectivity index is 2.21. The highest BCUT2D eigenvalue weighted by Crippen LogP contribution is 2.26. The monoisotopic (exact) mass is 404 g/mol. The summed E-state index contributed by atoms with van der Waals surface area (Å²) in [7, 11) is 1.71. The second-order valence-electron chi connectivity index (χ2n) is 4.89. The molecule has 0 aromatic heterocycles. The highest BCUT2D eigenvalue weighted by atomic mass is 79.9. The summed E-state index contributed by atoms with van der Waals surface area (Å²) in [6.07, 6.45) is 1.84. The van der Waals surface area contributed by atoms with Crippen LogP contribution in [-0.2, 0) is 4.74 Å². The van der Waals surface area contributed by atoms with Gasteiger partial charge in [-0.15, -0.1) is 0 Å². The van der Waals surface area contributed by atoms with Crippen LogP contribution in [0.3, 0.4) is 0 Å². The van der Waals surface area contributed by atoms with E-state index in [0.29, 0.717) is 18.7 Å². The Hall–Kier alpha value is -0.430. The van der Waals surface area contributed by atoms with Crippen LogP contribution in [0.25, 0.3) is 0 Å². The summed E-state index contributed by atoms with van der Waals surface area (Å²) < 4.78 is 7.08. The Kier molecular flexibility index (Phi) is 5.60. The van der Waals surface area contributed by atoms with Gasteiger partial charge < -0.3 is 15.4 Å². The van der Waals surface area contributed by atoms with E-state index in [1.807, 2.05) is 23.1 Å². The van der Waals surface area contributed by atoms with Gasteiger partial charge in [0.2, 0.25) is 0 Å². The van der Waals surface area contributed by atoms with Crippen molar-refractivity contribution in [2.45, 2.75) is 25.0 Å². The molecule has 1 amide bonds. The highest BCUT2D eigenvalue weighted by Gasteiger charge is 2.32. The van der Waals surface area contributed by atoms with Crippen molar-refractivity contribution in [1.82, 2.24) is 4.90 Å². The van der Waals surface area contributed by atoms with E-state index < -0.39 is 0 Å². The summed E-state index contributed by atoms with van der Waals surface area (Å²) in [4.78, 5) is 14.6. The summed E-state index contributed by atoms with van der Waals surface area (Å²) in [5.74, 6) is 0.0168. The first kappa shape index (κ1) is 15.9. The normalized spacial score (nSPS) is 22.9. The Morgan fingerprint density at radius 2 is 2.25 bits per heavy atom. The number of amides is 1. The van der Waals surface area contributed by atoms with Gasteiger partial charge >= 0.3 is 0 Å². The first-order valence-corrected chi connectivity index (χ1v) is 8.14. The van der Waals surface area contributed by atoms with E-state index >= 15 is 0 Å². The molecule has 1 aliphatic heterocycles. The number of carbonyl (C=O) groups is 1. The molecule has 20 heavy (non-hydrogen) atoms. The van der Waals surface area contributed by atoms with Crippen LogP contribution in [0.2, 0.25) is 0 Å². The Bertz CT molecular complexity index is 496. The van der Waals surface area contributed by atoms with E-state index in [0.717, 1.165) is 21.8 Å². The van der Waals surface area contributed by atoms with Crippen molar-refractivity contribution < 1.29 is 9.53 Å². The highest BCUT2D eigenvalue weighted by molar-refractivity contribution is 9.11. The van der Waals surface area contributed by atoms with Crippen molar-refractivity contribution in [2.75, 3.05) is 20.2 Å². The predicted octanol–water partition coefficient (Wildman–Crippen LogP) is 2.79. The van der Waals surface area contributed by atoms with Crippen molar-refractivity contribution in [3.8, 4) is 0 Å². The molecular weight excluding hydrogens is 388 g/mol. The van der Waals surface area contributed by atoms with Gasteiger partial charge in [-0.25, -0.2) is 0 Å². The smallest absolute Gasteiger partial charge is 0.255 e. The average molecular weight is 406 g/mol. The maximum atomic E-state index is 12.7. The summed E-state index contributed by atoms with van der Waals surface area (Å²) >= 11 is 6.85. The number of methoxy groups -OCH3 is 1. The zero-order chi connectivity index (χ0) is 14.7. The third kappa shape index (κ3) is 3.42. The molecule has 2 N–H and O–H groups in total. The molecule has 4 nitrogen and oxygen atoms in total. The van der Waals surface area contributed by atoms with E-state index in [1.165, 1.54) is 0 Å². The molecule has 1 saturated heterocycles. The van der Waals surface area contributed by atoms with Gasteiger partial charge in [0.15, 0.2) is 0 Å². The van der Waals surface area contributed by atoms with Crippen molar-refractivity contribution in [3.63, 3.8) is 0 Å². The largest absolute Gasteiger partial charge is 0.381 e. The average Bonchev–Trinajstić information content (AvgIpc) is 2.48. The summed E-state index contributed by atoms with van der Waals surface area (Å²) in [5, 5.41) is 0. The van der Waals surface area contributed by atoms with Crippen LogP contribution in [-0.4, -0.2) is 43.2 Å². The first-order chi connectivity index (χ1) is 9.56. The molecule has 0 aliphatic carbocycles. The molecule has 0 spiro atoms. The number of rotatable bonds is 3. The number of ether oxygens (including phenoxy) is 1. The molecule has 1 aromatic rings. The van der Waals surface area contributed by atoms with E-state index in [4.69, 9.17) is 10.5 Å². The van der Waals surface area contributed by atoms with Crippen LogP contribution in [0, 0.1) is 0 Å². The molecule has 0 radical (unpaired) electrons. The summed E-state index contributed by atoms with van der Waals surface area (Å²) in [6.45, 7) is 1.13. The second-order valence-corrected chi connectivity index (χ2v) is 6.66. The third-order valence-electron chi connectivity index (χ3n) is 3.69.